The number of ether oxygens (including phenoxy) is 1. The largest absolute Gasteiger partial charge is 0.497 e. The number of pyridine rings is 1. The van der Waals surface area contributed by atoms with Gasteiger partial charge in [0.25, 0.3) is 0 Å². The summed E-state index contributed by atoms with van der Waals surface area (Å²) in [5.74, 6) is 0.741. The lowest BCUT2D eigenvalue weighted by Crippen LogP contribution is -2.28. The lowest BCUT2D eigenvalue weighted by molar-refractivity contribution is 0.251. The van der Waals surface area contributed by atoms with Gasteiger partial charge in [0.05, 0.1) is 25.0 Å². The number of nitrogens with zero attached hydrogens (tertiary/aromatic N) is 2. The summed E-state index contributed by atoms with van der Waals surface area (Å²) in [5.41, 5.74) is 2.32. The molecule has 6 nitrogen and oxygen atoms in total. The molecule has 7 heteroatoms. The number of carbonyl (C=O) groups excluding carboxylic acids is 1. The number of thiazole rings is 1. The van der Waals surface area contributed by atoms with E-state index < -0.39 is 0 Å². The first-order valence-corrected chi connectivity index (χ1v) is 8.17. The van der Waals surface area contributed by atoms with Crippen LogP contribution in [0, 0.1) is 0 Å². The smallest absolute Gasteiger partial charge is 0.319 e. The van der Waals surface area contributed by atoms with Crippen molar-refractivity contribution < 1.29 is 9.53 Å². The summed E-state index contributed by atoms with van der Waals surface area (Å²) in [7, 11) is 1.60. The number of carbonyl (C=O) groups is 1. The lowest BCUT2D eigenvalue weighted by Gasteiger charge is -2.07. The van der Waals surface area contributed by atoms with Crippen LogP contribution in [0.3, 0.4) is 0 Å². The highest BCUT2D eigenvalue weighted by molar-refractivity contribution is 7.13. The maximum atomic E-state index is 11.9. The lowest BCUT2D eigenvalue weighted by atomic mass is 10.3. The minimum atomic E-state index is -0.285. The van der Waals surface area contributed by atoms with Crippen LogP contribution >= 0.6 is 11.3 Å². The van der Waals surface area contributed by atoms with Crippen molar-refractivity contribution in [1.29, 1.82) is 0 Å². The number of nitrogens with one attached hydrogen (secondary N) is 2. The molecule has 0 bridgehead atoms. The first-order valence-electron chi connectivity index (χ1n) is 7.29. The molecular weight excluding hydrogens is 324 g/mol. The number of urea groups is 1. The van der Waals surface area contributed by atoms with Gasteiger partial charge in [0.1, 0.15) is 10.8 Å². The minimum absolute atomic E-state index is 0.285. The summed E-state index contributed by atoms with van der Waals surface area (Å²) >= 11 is 1.50. The fraction of sp³-hybridized carbons (Fsp3) is 0.118. The number of anilines is 1. The second kappa shape index (κ2) is 7.56. The van der Waals surface area contributed by atoms with E-state index in [-0.39, 0.29) is 6.03 Å². The topological polar surface area (TPSA) is 76.1 Å². The van der Waals surface area contributed by atoms with Gasteiger partial charge in [0.15, 0.2) is 0 Å². The Kier molecular flexibility index (Phi) is 5.02. The quantitative estimate of drug-likeness (QED) is 0.745. The molecule has 2 heterocycles. The number of aromatic nitrogens is 2. The second-order valence-corrected chi connectivity index (χ2v) is 5.75. The molecule has 0 spiro atoms. The summed E-state index contributed by atoms with van der Waals surface area (Å²) in [6, 6.07) is 12.5. The summed E-state index contributed by atoms with van der Waals surface area (Å²) in [5, 5.41) is 8.29. The van der Waals surface area contributed by atoms with Gasteiger partial charge >= 0.3 is 6.03 Å². The third-order valence-electron chi connectivity index (χ3n) is 3.21. The first kappa shape index (κ1) is 15.9. The number of benzene rings is 1. The van der Waals surface area contributed by atoms with Gasteiger partial charge in [0, 0.05) is 17.3 Å². The predicted molar refractivity (Wildman–Crippen MR) is 94.2 cm³/mol. The Hall–Kier alpha value is -2.93. The molecule has 0 unspecified atom stereocenters. The Morgan fingerprint density at radius 3 is 2.75 bits per heavy atom. The molecule has 0 atom stereocenters. The van der Waals surface area contributed by atoms with Gasteiger partial charge in [-0.1, -0.05) is 6.07 Å². The molecule has 0 fully saturated rings. The Morgan fingerprint density at radius 1 is 1.21 bits per heavy atom. The Morgan fingerprint density at radius 2 is 2.04 bits per heavy atom. The molecule has 0 saturated heterocycles. The normalized spacial score (nSPS) is 10.2. The standard InChI is InChI=1S/C17H16N4O2S/c1-23-14-7-5-12(6-8-14)21-17(22)19-10-13-11-24-16(20-13)15-4-2-3-9-18-15/h2-9,11H,10H2,1H3,(H2,19,21,22). The van der Waals surface area contributed by atoms with Crippen molar-refractivity contribution in [3.05, 3.63) is 59.7 Å². The van der Waals surface area contributed by atoms with Crippen LogP contribution in [0.1, 0.15) is 5.69 Å². The van der Waals surface area contributed by atoms with Crippen LogP contribution in [0.25, 0.3) is 10.7 Å². The van der Waals surface area contributed by atoms with Gasteiger partial charge in [-0.2, -0.15) is 0 Å². The third kappa shape index (κ3) is 4.08. The van der Waals surface area contributed by atoms with E-state index in [0.717, 1.165) is 22.1 Å². The molecule has 0 aliphatic heterocycles. The molecule has 2 amide bonds. The van der Waals surface area contributed by atoms with E-state index in [1.54, 1.807) is 37.6 Å². The van der Waals surface area contributed by atoms with Crippen molar-refractivity contribution in [3.8, 4) is 16.5 Å². The molecule has 2 N–H and O–H groups in total. The maximum absolute atomic E-state index is 11.9. The molecule has 1 aromatic carbocycles. The molecule has 0 aliphatic rings. The number of methoxy groups -OCH3 is 1. The van der Waals surface area contributed by atoms with Crippen molar-refractivity contribution in [2.75, 3.05) is 12.4 Å². The minimum Gasteiger partial charge on any atom is -0.497 e. The van der Waals surface area contributed by atoms with E-state index in [1.807, 2.05) is 23.6 Å². The molecule has 3 rings (SSSR count). The number of rotatable bonds is 5. The molecule has 3 aromatic rings. The Balaban J connectivity index is 1.53. The zero-order chi connectivity index (χ0) is 16.8. The van der Waals surface area contributed by atoms with Gasteiger partial charge in [-0.05, 0) is 36.4 Å². The van der Waals surface area contributed by atoms with Gasteiger partial charge in [-0.25, -0.2) is 9.78 Å². The average molecular weight is 340 g/mol. The highest BCUT2D eigenvalue weighted by atomic mass is 32.1. The van der Waals surface area contributed by atoms with Crippen molar-refractivity contribution in [2.45, 2.75) is 6.54 Å². The van der Waals surface area contributed by atoms with Crippen LogP contribution in [0.2, 0.25) is 0 Å². The highest BCUT2D eigenvalue weighted by Crippen LogP contribution is 2.21. The summed E-state index contributed by atoms with van der Waals surface area (Å²) in [4.78, 5) is 20.7. The van der Waals surface area contributed by atoms with Crippen molar-refractivity contribution in [3.63, 3.8) is 0 Å². The summed E-state index contributed by atoms with van der Waals surface area (Å²) < 4.78 is 5.08. The zero-order valence-electron chi connectivity index (χ0n) is 13.0. The predicted octanol–water partition coefficient (Wildman–Crippen LogP) is 3.54. The van der Waals surface area contributed by atoms with Crippen LogP contribution in [0.5, 0.6) is 5.75 Å². The number of hydrogen-bond donors (Lipinski definition) is 2. The molecule has 0 radical (unpaired) electrons. The fourth-order valence-electron chi connectivity index (χ4n) is 2.02. The van der Waals surface area contributed by atoms with Gasteiger partial charge in [-0.3, -0.25) is 4.98 Å². The first-order chi connectivity index (χ1) is 11.7. The van der Waals surface area contributed by atoms with Crippen molar-refractivity contribution >= 4 is 23.1 Å². The number of amides is 2. The molecular formula is C17H16N4O2S. The van der Waals surface area contributed by atoms with E-state index in [9.17, 15) is 4.79 Å². The second-order valence-electron chi connectivity index (χ2n) is 4.90. The Bertz CT molecular complexity index is 803. The van der Waals surface area contributed by atoms with E-state index in [1.165, 1.54) is 11.3 Å². The molecule has 0 aliphatic carbocycles. The van der Waals surface area contributed by atoms with E-state index in [0.29, 0.717) is 12.2 Å². The Labute approximate surface area is 143 Å². The average Bonchev–Trinajstić information content (AvgIpc) is 3.10. The molecule has 122 valence electrons. The highest BCUT2D eigenvalue weighted by Gasteiger charge is 2.07. The SMILES string of the molecule is COc1ccc(NC(=O)NCc2csc(-c3ccccn3)n2)cc1. The van der Waals surface area contributed by atoms with Crippen LogP contribution in [-0.4, -0.2) is 23.1 Å². The maximum Gasteiger partial charge on any atom is 0.319 e. The van der Waals surface area contributed by atoms with Gasteiger partial charge in [0.2, 0.25) is 0 Å². The molecule has 0 saturated carbocycles. The zero-order valence-corrected chi connectivity index (χ0v) is 13.8. The van der Waals surface area contributed by atoms with E-state index >= 15 is 0 Å². The van der Waals surface area contributed by atoms with Crippen LogP contribution in [0.4, 0.5) is 10.5 Å². The fourth-order valence-corrected chi connectivity index (χ4v) is 2.81. The molecule has 2 aromatic heterocycles. The number of hydrogen-bond acceptors (Lipinski definition) is 5. The summed E-state index contributed by atoms with van der Waals surface area (Å²) in [6.45, 7) is 0.353. The molecule has 24 heavy (non-hydrogen) atoms. The summed E-state index contributed by atoms with van der Waals surface area (Å²) in [6.07, 6.45) is 1.73. The van der Waals surface area contributed by atoms with E-state index in [2.05, 4.69) is 20.6 Å². The van der Waals surface area contributed by atoms with E-state index in [4.69, 9.17) is 4.74 Å². The van der Waals surface area contributed by atoms with Crippen LogP contribution < -0.4 is 15.4 Å². The van der Waals surface area contributed by atoms with Crippen LogP contribution in [0.15, 0.2) is 54.0 Å². The van der Waals surface area contributed by atoms with Gasteiger partial charge < -0.3 is 15.4 Å². The van der Waals surface area contributed by atoms with Crippen molar-refractivity contribution in [1.82, 2.24) is 15.3 Å². The third-order valence-corrected chi connectivity index (χ3v) is 4.13. The van der Waals surface area contributed by atoms with Crippen LogP contribution in [-0.2, 0) is 6.54 Å². The van der Waals surface area contributed by atoms with Gasteiger partial charge in [-0.15, -0.1) is 11.3 Å². The monoisotopic (exact) mass is 340 g/mol. The van der Waals surface area contributed by atoms with Crippen molar-refractivity contribution in [2.24, 2.45) is 0 Å².